The first kappa shape index (κ1) is 17.2. The number of anilines is 1. The Labute approximate surface area is 157 Å². The Morgan fingerprint density at radius 2 is 2.04 bits per heavy atom. The van der Waals surface area contributed by atoms with E-state index in [1.165, 1.54) is 37.1 Å². The zero-order valence-electron chi connectivity index (χ0n) is 14.8. The largest absolute Gasteiger partial charge is 0.495 e. The highest BCUT2D eigenvalue weighted by Crippen LogP contribution is 2.44. The molecule has 1 aromatic heterocycles. The third-order valence-electron chi connectivity index (χ3n) is 4.84. The molecule has 4 rings (SSSR count). The first-order valence-corrected chi connectivity index (χ1v) is 9.48. The van der Waals surface area contributed by atoms with Crippen LogP contribution in [0, 0.1) is 0 Å². The Morgan fingerprint density at radius 3 is 2.73 bits per heavy atom. The zero-order chi connectivity index (χ0) is 18.1. The average molecular weight is 375 g/mol. The number of nitrogens with one attached hydrogen (secondary N) is 2. The molecule has 2 saturated carbocycles. The number of rotatable bonds is 7. The van der Waals surface area contributed by atoms with Crippen molar-refractivity contribution in [2.24, 2.45) is 0 Å². The van der Waals surface area contributed by atoms with Crippen molar-refractivity contribution in [3.8, 4) is 5.75 Å². The van der Waals surface area contributed by atoms with E-state index in [0.717, 1.165) is 0 Å². The van der Waals surface area contributed by atoms with Crippen LogP contribution in [0.25, 0.3) is 0 Å². The summed E-state index contributed by atoms with van der Waals surface area (Å²) in [6.45, 7) is 1.19. The van der Waals surface area contributed by atoms with E-state index in [1.807, 2.05) is 0 Å². The molecule has 7 heteroatoms. The summed E-state index contributed by atoms with van der Waals surface area (Å²) >= 11 is 5.99. The number of carbonyl (C=O) groups excluding carboxylic acids is 1. The van der Waals surface area contributed by atoms with E-state index in [1.54, 1.807) is 25.3 Å². The van der Waals surface area contributed by atoms with Crippen molar-refractivity contribution in [2.45, 2.75) is 44.1 Å². The monoisotopic (exact) mass is 374 g/mol. The lowest BCUT2D eigenvalue weighted by Gasteiger charge is -2.12. The molecule has 138 valence electrons. The molecule has 0 radical (unpaired) electrons. The van der Waals surface area contributed by atoms with Gasteiger partial charge in [-0.1, -0.05) is 11.6 Å². The third-order valence-corrected chi connectivity index (χ3v) is 5.08. The van der Waals surface area contributed by atoms with Crippen LogP contribution in [-0.2, 0) is 6.54 Å². The summed E-state index contributed by atoms with van der Waals surface area (Å²) in [5.41, 5.74) is 3.09. The summed E-state index contributed by atoms with van der Waals surface area (Å²) in [5, 5.41) is 11.0. The molecule has 2 aliphatic carbocycles. The Balaban J connectivity index is 1.33. The van der Waals surface area contributed by atoms with E-state index in [4.69, 9.17) is 21.4 Å². The number of hydrogen-bond donors (Lipinski definition) is 2. The molecule has 0 saturated heterocycles. The second kappa shape index (κ2) is 7.19. The molecule has 2 N–H and O–H groups in total. The topological polar surface area (TPSA) is 68.2 Å². The van der Waals surface area contributed by atoms with Gasteiger partial charge in [0.1, 0.15) is 5.75 Å². The van der Waals surface area contributed by atoms with Gasteiger partial charge < -0.3 is 15.4 Å². The zero-order valence-corrected chi connectivity index (χ0v) is 15.6. The van der Waals surface area contributed by atoms with E-state index in [0.29, 0.717) is 41.4 Å². The van der Waals surface area contributed by atoms with Crippen LogP contribution in [0.2, 0.25) is 5.02 Å². The van der Waals surface area contributed by atoms with Gasteiger partial charge in [0.25, 0.3) is 0 Å². The molecule has 2 aromatic rings. The maximum Gasteiger partial charge on any atom is 0.319 e. The van der Waals surface area contributed by atoms with Crippen LogP contribution >= 0.6 is 11.6 Å². The highest BCUT2D eigenvalue weighted by Gasteiger charge is 2.32. The van der Waals surface area contributed by atoms with Crippen LogP contribution in [0.3, 0.4) is 0 Å². The predicted molar refractivity (Wildman–Crippen MR) is 101 cm³/mol. The lowest BCUT2D eigenvalue weighted by atomic mass is 10.2. The third kappa shape index (κ3) is 3.96. The number of benzene rings is 1. The lowest BCUT2D eigenvalue weighted by molar-refractivity contribution is 0.251. The van der Waals surface area contributed by atoms with Crippen LogP contribution < -0.4 is 15.4 Å². The van der Waals surface area contributed by atoms with Crippen LogP contribution in [0.15, 0.2) is 24.3 Å². The van der Waals surface area contributed by atoms with Crippen LogP contribution in [0.4, 0.5) is 10.5 Å². The summed E-state index contributed by atoms with van der Waals surface area (Å²) in [6.07, 6.45) is 5.00. The number of halogens is 1. The quantitative estimate of drug-likeness (QED) is 0.765. The molecular formula is C19H23ClN4O2. The van der Waals surface area contributed by atoms with E-state index < -0.39 is 0 Å². The summed E-state index contributed by atoms with van der Waals surface area (Å²) < 4.78 is 7.31. The molecule has 0 unspecified atom stereocenters. The first-order valence-electron chi connectivity index (χ1n) is 9.10. The van der Waals surface area contributed by atoms with Crippen LogP contribution in [-0.4, -0.2) is 29.5 Å². The SMILES string of the molecule is COc1ccc(Cl)cc1NC(=O)NCCn1nc(C2CC2)cc1C1CC1. The fourth-order valence-corrected chi connectivity index (χ4v) is 3.31. The number of urea groups is 1. The molecule has 1 heterocycles. The molecule has 6 nitrogen and oxygen atoms in total. The average Bonchev–Trinajstić information content (AvgIpc) is 3.54. The van der Waals surface area contributed by atoms with Crippen molar-refractivity contribution in [3.63, 3.8) is 0 Å². The summed E-state index contributed by atoms with van der Waals surface area (Å²) in [5.74, 6) is 1.88. The van der Waals surface area contributed by atoms with Gasteiger partial charge in [-0.3, -0.25) is 4.68 Å². The van der Waals surface area contributed by atoms with Crippen LogP contribution in [0.1, 0.15) is 48.9 Å². The summed E-state index contributed by atoms with van der Waals surface area (Å²) in [6, 6.07) is 7.10. The van der Waals surface area contributed by atoms with Crippen molar-refractivity contribution in [1.82, 2.24) is 15.1 Å². The maximum atomic E-state index is 12.2. The second-order valence-electron chi connectivity index (χ2n) is 6.99. The lowest BCUT2D eigenvalue weighted by Crippen LogP contribution is -2.32. The van der Waals surface area contributed by atoms with Crippen molar-refractivity contribution in [2.75, 3.05) is 19.0 Å². The number of methoxy groups -OCH3 is 1. The Bertz CT molecular complexity index is 812. The fourth-order valence-electron chi connectivity index (χ4n) is 3.14. The molecule has 1 aromatic carbocycles. The molecule has 2 fully saturated rings. The molecule has 0 atom stereocenters. The highest BCUT2D eigenvalue weighted by atomic mass is 35.5. The smallest absolute Gasteiger partial charge is 0.319 e. The Morgan fingerprint density at radius 1 is 1.27 bits per heavy atom. The minimum Gasteiger partial charge on any atom is -0.495 e. The van der Waals surface area contributed by atoms with Gasteiger partial charge in [-0.25, -0.2) is 4.79 Å². The minimum atomic E-state index is -0.284. The number of amides is 2. The molecular weight excluding hydrogens is 352 g/mol. The van der Waals surface area contributed by atoms with E-state index in [-0.39, 0.29) is 6.03 Å². The van der Waals surface area contributed by atoms with Gasteiger partial charge >= 0.3 is 6.03 Å². The van der Waals surface area contributed by atoms with E-state index >= 15 is 0 Å². The summed E-state index contributed by atoms with van der Waals surface area (Å²) in [4.78, 5) is 12.2. The molecule has 0 aliphatic heterocycles. The molecule has 2 amide bonds. The second-order valence-corrected chi connectivity index (χ2v) is 7.43. The van der Waals surface area contributed by atoms with Gasteiger partial charge in [0, 0.05) is 29.1 Å². The first-order chi connectivity index (χ1) is 12.6. The highest BCUT2D eigenvalue weighted by molar-refractivity contribution is 6.31. The van der Waals surface area contributed by atoms with Gasteiger partial charge in [0.05, 0.1) is 25.0 Å². The van der Waals surface area contributed by atoms with Gasteiger partial charge in [0.2, 0.25) is 0 Å². The number of carbonyl (C=O) groups is 1. The van der Waals surface area contributed by atoms with Crippen molar-refractivity contribution < 1.29 is 9.53 Å². The van der Waals surface area contributed by atoms with Gasteiger partial charge in [-0.05, 0) is 49.9 Å². The maximum absolute atomic E-state index is 12.2. The van der Waals surface area contributed by atoms with Gasteiger partial charge in [-0.15, -0.1) is 0 Å². The molecule has 26 heavy (non-hydrogen) atoms. The van der Waals surface area contributed by atoms with Crippen molar-refractivity contribution in [3.05, 3.63) is 40.7 Å². The Hall–Kier alpha value is -2.21. The minimum absolute atomic E-state index is 0.284. The predicted octanol–water partition coefficient (Wildman–Crippen LogP) is 4.12. The number of nitrogens with zero attached hydrogens (tertiary/aromatic N) is 2. The van der Waals surface area contributed by atoms with Gasteiger partial charge in [0.15, 0.2) is 0 Å². The molecule has 2 aliphatic rings. The van der Waals surface area contributed by atoms with E-state index in [9.17, 15) is 4.79 Å². The number of hydrogen-bond acceptors (Lipinski definition) is 3. The van der Waals surface area contributed by atoms with E-state index in [2.05, 4.69) is 21.4 Å². The normalized spacial score (nSPS) is 16.4. The molecule has 0 spiro atoms. The van der Waals surface area contributed by atoms with Crippen molar-refractivity contribution in [1.29, 1.82) is 0 Å². The van der Waals surface area contributed by atoms with Crippen molar-refractivity contribution >= 4 is 23.3 Å². The van der Waals surface area contributed by atoms with Crippen LogP contribution in [0.5, 0.6) is 5.75 Å². The van der Waals surface area contributed by atoms with Gasteiger partial charge in [-0.2, -0.15) is 5.10 Å². The number of aromatic nitrogens is 2. The number of ether oxygens (including phenoxy) is 1. The summed E-state index contributed by atoms with van der Waals surface area (Å²) in [7, 11) is 1.56. The molecule has 0 bridgehead atoms. The standard InChI is InChI=1S/C19H23ClN4O2/c1-26-18-7-6-14(20)10-16(18)22-19(25)21-8-9-24-17(13-4-5-13)11-15(23-24)12-2-3-12/h6-7,10-13H,2-5,8-9H2,1H3,(H2,21,22,25). The fraction of sp³-hybridized carbons (Fsp3) is 0.474. The Kier molecular flexibility index (Phi) is 4.76.